The van der Waals surface area contributed by atoms with Gasteiger partial charge in [-0.05, 0) is 42.5 Å². The first-order valence-electron chi connectivity index (χ1n) is 8.59. The van der Waals surface area contributed by atoms with Crippen LogP contribution in [0.15, 0.2) is 55.1 Å². The first-order valence-corrected chi connectivity index (χ1v) is 8.59. The molecule has 0 aliphatic carbocycles. The highest BCUT2D eigenvalue weighted by atomic mass is 19.1. The predicted octanol–water partition coefficient (Wildman–Crippen LogP) is 2.50. The van der Waals surface area contributed by atoms with Gasteiger partial charge in [0.2, 0.25) is 0 Å². The van der Waals surface area contributed by atoms with Crippen LogP contribution < -0.4 is 10.2 Å². The monoisotopic (exact) mass is 367 g/mol. The minimum atomic E-state index is -0.499. The fraction of sp³-hybridized carbons (Fsp3) is 0.211. The molecule has 1 aliphatic heterocycles. The van der Waals surface area contributed by atoms with Crippen molar-refractivity contribution in [3.63, 3.8) is 0 Å². The third kappa shape index (κ3) is 3.80. The van der Waals surface area contributed by atoms with Crippen LogP contribution in [0.25, 0.3) is 5.69 Å². The summed E-state index contributed by atoms with van der Waals surface area (Å²) in [5, 5.41) is 6.61. The van der Waals surface area contributed by atoms with Crippen molar-refractivity contribution >= 4 is 17.3 Å². The van der Waals surface area contributed by atoms with Crippen LogP contribution >= 0.6 is 0 Å². The van der Waals surface area contributed by atoms with E-state index in [1.54, 1.807) is 24.3 Å². The SMILES string of the molecule is O=C(Nc1ccc(-n2cncn2)c(F)c1)c1ccc(N2CCOCC2)cc1. The number of aromatic nitrogens is 3. The zero-order valence-corrected chi connectivity index (χ0v) is 14.5. The van der Waals surface area contributed by atoms with E-state index in [0.717, 1.165) is 18.8 Å². The minimum Gasteiger partial charge on any atom is -0.378 e. The lowest BCUT2D eigenvalue weighted by atomic mass is 10.1. The van der Waals surface area contributed by atoms with E-state index >= 15 is 0 Å². The van der Waals surface area contributed by atoms with Gasteiger partial charge in [-0.15, -0.1) is 0 Å². The van der Waals surface area contributed by atoms with Crippen molar-refractivity contribution < 1.29 is 13.9 Å². The van der Waals surface area contributed by atoms with E-state index < -0.39 is 5.82 Å². The Morgan fingerprint density at radius 3 is 2.56 bits per heavy atom. The Balaban J connectivity index is 1.45. The van der Waals surface area contributed by atoms with Crippen molar-refractivity contribution in [3.05, 3.63) is 66.5 Å². The summed E-state index contributed by atoms with van der Waals surface area (Å²) in [5.74, 6) is -0.794. The van der Waals surface area contributed by atoms with Gasteiger partial charge in [0.15, 0.2) is 5.82 Å². The van der Waals surface area contributed by atoms with E-state index in [-0.39, 0.29) is 11.6 Å². The number of anilines is 2. The quantitative estimate of drug-likeness (QED) is 0.767. The molecule has 0 bridgehead atoms. The molecule has 1 saturated heterocycles. The van der Waals surface area contributed by atoms with E-state index in [1.165, 1.54) is 23.4 Å². The van der Waals surface area contributed by atoms with Crippen LogP contribution in [0.4, 0.5) is 15.8 Å². The number of rotatable bonds is 4. The number of hydrogen-bond acceptors (Lipinski definition) is 5. The summed E-state index contributed by atoms with van der Waals surface area (Å²) in [7, 11) is 0. The lowest BCUT2D eigenvalue weighted by molar-refractivity contribution is 0.102. The third-order valence-electron chi connectivity index (χ3n) is 4.38. The number of carbonyl (C=O) groups excluding carboxylic acids is 1. The van der Waals surface area contributed by atoms with Gasteiger partial charge >= 0.3 is 0 Å². The van der Waals surface area contributed by atoms with Crippen LogP contribution in [0.5, 0.6) is 0 Å². The number of halogens is 1. The molecule has 8 heteroatoms. The highest BCUT2D eigenvalue weighted by Gasteiger charge is 2.13. The molecule has 1 aromatic heterocycles. The molecular formula is C19H18FN5O2. The summed E-state index contributed by atoms with van der Waals surface area (Å²) in [5.41, 5.74) is 2.20. The van der Waals surface area contributed by atoms with E-state index in [4.69, 9.17) is 4.74 Å². The summed E-state index contributed by atoms with van der Waals surface area (Å²) in [4.78, 5) is 18.4. The van der Waals surface area contributed by atoms with Crippen molar-refractivity contribution in [3.8, 4) is 5.69 Å². The van der Waals surface area contributed by atoms with E-state index in [2.05, 4.69) is 20.3 Å². The highest BCUT2D eigenvalue weighted by Crippen LogP contribution is 2.20. The van der Waals surface area contributed by atoms with Gasteiger partial charge in [0.25, 0.3) is 5.91 Å². The molecule has 0 radical (unpaired) electrons. The fourth-order valence-corrected chi connectivity index (χ4v) is 2.95. The molecule has 1 amide bonds. The lowest BCUT2D eigenvalue weighted by Gasteiger charge is -2.28. The number of morpholine rings is 1. The predicted molar refractivity (Wildman–Crippen MR) is 98.7 cm³/mol. The van der Waals surface area contributed by atoms with Crippen molar-refractivity contribution in [1.82, 2.24) is 14.8 Å². The summed E-state index contributed by atoms with van der Waals surface area (Å²) in [6, 6.07) is 11.8. The Hall–Kier alpha value is -3.26. The summed E-state index contributed by atoms with van der Waals surface area (Å²) in [6.45, 7) is 3.09. The maximum absolute atomic E-state index is 14.3. The maximum Gasteiger partial charge on any atom is 0.255 e. The molecule has 2 aromatic carbocycles. The van der Waals surface area contributed by atoms with E-state index in [9.17, 15) is 9.18 Å². The van der Waals surface area contributed by atoms with Crippen molar-refractivity contribution in [2.24, 2.45) is 0 Å². The zero-order valence-electron chi connectivity index (χ0n) is 14.5. The van der Waals surface area contributed by atoms with Gasteiger partial charge in [0.1, 0.15) is 18.3 Å². The van der Waals surface area contributed by atoms with Crippen LogP contribution in [0.2, 0.25) is 0 Å². The van der Waals surface area contributed by atoms with Crippen molar-refractivity contribution in [2.45, 2.75) is 0 Å². The number of benzene rings is 2. The Morgan fingerprint density at radius 1 is 1.11 bits per heavy atom. The minimum absolute atomic E-state index is 0.264. The van der Waals surface area contributed by atoms with Crippen LogP contribution in [-0.4, -0.2) is 47.0 Å². The smallest absolute Gasteiger partial charge is 0.255 e. The highest BCUT2D eigenvalue weighted by molar-refractivity contribution is 6.04. The second-order valence-corrected chi connectivity index (χ2v) is 6.11. The molecule has 1 N–H and O–H groups in total. The second-order valence-electron chi connectivity index (χ2n) is 6.11. The lowest BCUT2D eigenvalue weighted by Crippen LogP contribution is -2.36. The average Bonchev–Trinajstić information content (AvgIpc) is 3.23. The average molecular weight is 367 g/mol. The zero-order chi connectivity index (χ0) is 18.6. The molecule has 2 heterocycles. The molecule has 7 nitrogen and oxygen atoms in total. The van der Waals surface area contributed by atoms with E-state index in [0.29, 0.717) is 24.5 Å². The Labute approximate surface area is 155 Å². The first kappa shape index (κ1) is 17.2. The molecule has 0 saturated carbocycles. The van der Waals surface area contributed by atoms with Gasteiger partial charge < -0.3 is 15.0 Å². The van der Waals surface area contributed by atoms with Crippen LogP contribution in [0, 0.1) is 5.82 Å². The van der Waals surface area contributed by atoms with Gasteiger partial charge in [0.05, 0.1) is 13.2 Å². The van der Waals surface area contributed by atoms with Gasteiger partial charge in [-0.3, -0.25) is 4.79 Å². The van der Waals surface area contributed by atoms with Crippen molar-refractivity contribution in [2.75, 3.05) is 36.5 Å². The Morgan fingerprint density at radius 2 is 1.89 bits per heavy atom. The third-order valence-corrected chi connectivity index (χ3v) is 4.38. The molecule has 4 rings (SSSR count). The topological polar surface area (TPSA) is 72.3 Å². The van der Waals surface area contributed by atoms with Crippen LogP contribution in [-0.2, 0) is 4.74 Å². The van der Waals surface area contributed by atoms with E-state index in [1.807, 2.05) is 12.1 Å². The van der Waals surface area contributed by atoms with Crippen LogP contribution in [0.3, 0.4) is 0 Å². The molecule has 0 spiro atoms. The number of amides is 1. The summed E-state index contributed by atoms with van der Waals surface area (Å²) >= 11 is 0. The maximum atomic E-state index is 14.3. The van der Waals surface area contributed by atoms with Gasteiger partial charge in [-0.25, -0.2) is 14.1 Å². The molecule has 1 fully saturated rings. The Bertz CT molecular complexity index is 922. The number of hydrogen-bond donors (Lipinski definition) is 1. The number of nitrogens with zero attached hydrogens (tertiary/aromatic N) is 4. The van der Waals surface area contributed by atoms with Crippen molar-refractivity contribution in [1.29, 1.82) is 0 Å². The van der Waals surface area contributed by atoms with Gasteiger partial charge in [0, 0.05) is 30.0 Å². The standard InChI is InChI=1S/C19H18FN5O2/c20-17-11-15(3-6-18(17)25-13-21-12-22-25)23-19(26)14-1-4-16(5-2-14)24-7-9-27-10-8-24/h1-6,11-13H,7-10H2,(H,23,26). The second kappa shape index (κ2) is 7.55. The molecule has 0 unspecified atom stereocenters. The van der Waals surface area contributed by atoms with Gasteiger partial charge in [-0.1, -0.05) is 0 Å². The van der Waals surface area contributed by atoms with Crippen LogP contribution in [0.1, 0.15) is 10.4 Å². The summed E-state index contributed by atoms with van der Waals surface area (Å²) in [6.07, 6.45) is 2.74. The molecule has 1 aliphatic rings. The molecule has 138 valence electrons. The van der Waals surface area contributed by atoms with Gasteiger partial charge in [-0.2, -0.15) is 5.10 Å². The fourth-order valence-electron chi connectivity index (χ4n) is 2.95. The molecule has 0 atom stereocenters. The molecule has 27 heavy (non-hydrogen) atoms. The molecular weight excluding hydrogens is 349 g/mol. The molecule has 3 aromatic rings. The normalized spacial score (nSPS) is 14.2. The first-order chi connectivity index (χ1) is 13.2. The summed E-state index contributed by atoms with van der Waals surface area (Å²) < 4.78 is 20.9. The number of ether oxygens (including phenoxy) is 1. The number of nitrogens with one attached hydrogen (secondary N) is 1. The largest absolute Gasteiger partial charge is 0.378 e. The number of carbonyl (C=O) groups is 1. The Kier molecular flexibility index (Phi) is 4.80.